The lowest BCUT2D eigenvalue weighted by Gasteiger charge is -2.49. The van der Waals surface area contributed by atoms with E-state index in [1.165, 1.54) is 11.3 Å². The number of ether oxygens (including phenoxy) is 2. The second-order valence-corrected chi connectivity index (χ2v) is 9.07. The van der Waals surface area contributed by atoms with Crippen LogP contribution in [0.25, 0.3) is 0 Å². The Kier molecular flexibility index (Phi) is 6.75. The van der Waals surface area contributed by atoms with Gasteiger partial charge in [-0.1, -0.05) is 12.1 Å². The van der Waals surface area contributed by atoms with Crippen LogP contribution < -0.4 is 24.6 Å². The van der Waals surface area contributed by atoms with Gasteiger partial charge in [0.05, 0.1) is 26.2 Å². The predicted molar refractivity (Wildman–Crippen MR) is 137 cm³/mol. The molecule has 0 saturated carbocycles. The predicted octanol–water partition coefficient (Wildman–Crippen LogP) is 3.33. The quantitative estimate of drug-likeness (QED) is 0.569. The Balaban J connectivity index is 1.36. The molecule has 3 heterocycles. The molecule has 0 spiro atoms. The van der Waals surface area contributed by atoms with Crippen LogP contribution in [0, 0.1) is 5.92 Å². The van der Waals surface area contributed by atoms with E-state index in [0.717, 1.165) is 48.9 Å². The Morgan fingerprint density at radius 2 is 1.83 bits per heavy atom. The highest BCUT2D eigenvalue weighted by molar-refractivity contribution is 5.82. The Hall–Kier alpha value is -3.74. The molecule has 7 nitrogen and oxygen atoms in total. The number of fused-ring (bicyclic) bond motifs is 3. The summed E-state index contributed by atoms with van der Waals surface area (Å²) < 4.78 is 10.8. The van der Waals surface area contributed by atoms with Crippen LogP contribution in [0.3, 0.4) is 0 Å². The van der Waals surface area contributed by atoms with Gasteiger partial charge in [0.15, 0.2) is 0 Å². The van der Waals surface area contributed by atoms with Crippen molar-refractivity contribution in [3.63, 3.8) is 0 Å². The number of methoxy groups -OCH3 is 2. The Morgan fingerprint density at radius 1 is 1.03 bits per heavy atom. The van der Waals surface area contributed by atoms with Crippen molar-refractivity contribution in [2.75, 3.05) is 50.2 Å². The number of carbonyl (C=O) groups is 1. The summed E-state index contributed by atoms with van der Waals surface area (Å²) in [6.45, 7) is 3.08. The highest BCUT2D eigenvalue weighted by Crippen LogP contribution is 2.39. The fourth-order valence-electron chi connectivity index (χ4n) is 5.22. The molecule has 0 bridgehead atoms. The van der Waals surface area contributed by atoms with Crippen molar-refractivity contribution in [2.24, 2.45) is 5.92 Å². The molecule has 1 saturated heterocycles. The van der Waals surface area contributed by atoms with Gasteiger partial charge in [-0.2, -0.15) is 0 Å². The third-order valence-electron chi connectivity index (χ3n) is 7.11. The van der Waals surface area contributed by atoms with E-state index in [0.29, 0.717) is 13.0 Å². The molecular weight excluding hydrogens is 440 g/mol. The van der Waals surface area contributed by atoms with Gasteiger partial charge in [-0.05, 0) is 54.4 Å². The van der Waals surface area contributed by atoms with Crippen LogP contribution in [0.4, 0.5) is 11.4 Å². The van der Waals surface area contributed by atoms with Crippen LogP contribution in [0.1, 0.15) is 11.3 Å². The minimum absolute atomic E-state index is 0.0697. The van der Waals surface area contributed by atoms with E-state index >= 15 is 0 Å². The van der Waals surface area contributed by atoms with Crippen molar-refractivity contribution in [2.45, 2.75) is 18.9 Å². The number of rotatable bonds is 7. The van der Waals surface area contributed by atoms with E-state index in [1.807, 2.05) is 36.4 Å². The third kappa shape index (κ3) is 4.90. The van der Waals surface area contributed by atoms with E-state index in [1.54, 1.807) is 20.4 Å². The summed E-state index contributed by atoms with van der Waals surface area (Å²) in [6, 6.07) is 20.3. The summed E-state index contributed by atoms with van der Waals surface area (Å²) in [5, 5.41) is 3.19. The van der Waals surface area contributed by atoms with Crippen molar-refractivity contribution in [3.8, 4) is 11.5 Å². The van der Waals surface area contributed by atoms with Gasteiger partial charge in [-0.3, -0.25) is 9.78 Å². The first kappa shape index (κ1) is 23.0. The lowest BCUT2D eigenvalue weighted by molar-refractivity contribution is -0.125. The highest BCUT2D eigenvalue weighted by atomic mass is 16.5. The summed E-state index contributed by atoms with van der Waals surface area (Å²) in [4.78, 5) is 22.6. The van der Waals surface area contributed by atoms with Crippen molar-refractivity contribution in [1.82, 2.24) is 10.3 Å². The van der Waals surface area contributed by atoms with Crippen LogP contribution in [0.15, 0.2) is 66.9 Å². The number of hydrogen-bond acceptors (Lipinski definition) is 6. The first-order chi connectivity index (χ1) is 17.2. The van der Waals surface area contributed by atoms with E-state index in [4.69, 9.17) is 9.47 Å². The molecular formula is C28H32N4O3. The van der Waals surface area contributed by atoms with Crippen LogP contribution >= 0.6 is 0 Å². The van der Waals surface area contributed by atoms with Crippen LogP contribution in [-0.4, -0.2) is 57.3 Å². The smallest absolute Gasteiger partial charge is 0.225 e. The van der Waals surface area contributed by atoms with Crippen molar-refractivity contribution >= 4 is 17.3 Å². The number of aromatic nitrogens is 1. The summed E-state index contributed by atoms with van der Waals surface area (Å²) in [6.07, 6.45) is 3.23. The molecule has 2 aliphatic rings. The normalized spacial score (nSPS) is 18.9. The molecule has 1 aromatic heterocycles. The van der Waals surface area contributed by atoms with Gasteiger partial charge in [-0.15, -0.1) is 0 Å². The zero-order chi connectivity index (χ0) is 24.2. The Morgan fingerprint density at radius 3 is 2.57 bits per heavy atom. The molecule has 3 aromatic rings. The summed E-state index contributed by atoms with van der Waals surface area (Å²) in [5.41, 5.74) is 4.51. The number of piperazine rings is 1. The number of pyridine rings is 1. The maximum atomic E-state index is 13.5. The standard InChI is InChI=1S/C28H32N4O3/c1-34-23-10-7-22(8-11-23)31-15-16-32-26-18-24(35-2)9-6-20(26)17-25(27(32)19-31)28(33)30-14-12-21-5-3-4-13-29-21/h3-11,13,18,25,27H,12,14-17,19H2,1-2H3,(H,30,33)/t25-,27-/m1/s1. The second-order valence-electron chi connectivity index (χ2n) is 9.07. The average molecular weight is 473 g/mol. The topological polar surface area (TPSA) is 66.9 Å². The minimum atomic E-state index is -0.138. The number of nitrogens with zero attached hydrogens (tertiary/aromatic N) is 3. The van der Waals surface area contributed by atoms with Gasteiger partial charge >= 0.3 is 0 Å². The van der Waals surface area contributed by atoms with Gasteiger partial charge in [0, 0.05) is 61.9 Å². The van der Waals surface area contributed by atoms with Crippen LogP contribution in [-0.2, 0) is 17.6 Å². The van der Waals surface area contributed by atoms with E-state index in [2.05, 4.69) is 44.4 Å². The van der Waals surface area contributed by atoms with Gasteiger partial charge in [0.1, 0.15) is 11.5 Å². The molecule has 2 aliphatic heterocycles. The highest BCUT2D eigenvalue weighted by Gasteiger charge is 2.41. The van der Waals surface area contributed by atoms with Crippen LogP contribution in [0.5, 0.6) is 11.5 Å². The van der Waals surface area contributed by atoms with Crippen LogP contribution in [0.2, 0.25) is 0 Å². The minimum Gasteiger partial charge on any atom is -0.497 e. The molecule has 1 amide bonds. The number of anilines is 2. The molecule has 2 aromatic carbocycles. The zero-order valence-corrected chi connectivity index (χ0v) is 20.3. The second kappa shape index (κ2) is 10.3. The van der Waals surface area contributed by atoms with Crippen molar-refractivity contribution in [1.29, 1.82) is 0 Å². The number of hydrogen-bond donors (Lipinski definition) is 1. The number of carbonyl (C=O) groups excluding carboxylic acids is 1. The molecule has 182 valence electrons. The maximum Gasteiger partial charge on any atom is 0.225 e. The number of nitrogens with one attached hydrogen (secondary N) is 1. The summed E-state index contributed by atoms with van der Waals surface area (Å²) >= 11 is 0. The summed E-state index contributed by atoms with van der Waals surface area (Å²) in [5.74, 6) is 1.66. The van der Waals surface area contributed by atoms with E-state index in [9.17, 15) is 4.79 Å². The maximum absolute atomic E-state index is 13.5. The Labute approximate surface area is 206 Å². The fraction of sp³-hybridized carbons (Fsp3) is 0.357. The molecule has 0 unspecified atom stereocenters. The first-order valence-corrected chi connectivity index (χ1v) is 12.2. The van der Waals surface area contributed by atoms with E-state index in [-0.39, 0.29) is 17.9 Å². The van der Waals surface area contributed by atoms with E-state index < -0.39 is 0 Å². The third-order valence-corrected chi connectivity index (χ3v) is 7.11. The monoisotopic (exact) mass is 472 g/mol. The van der Waals surface area contributed by atoms with Gasteiger partial charge in [-0.25, -0.2) is 0 Å². The van der Waals surface area contributed by atoms with Crippen molar-refractivity contribution < 1.29 is 14.3 Å². The fourth-order valence-corrected chi connectivity index (χ4v) is 5.22. The summed E-state index contributed by atoms with van der Waals surface area (Å²) in [7, 11) is 3.38. The Bertz CT molecular complexity index is 1150. The van der Waals surface area contributed by atoms with Crippen molar-refractivity contribution in [3.05, 3.63) is 78.1 Å². The van der Waals surface area contributed by atoms with Gasteiger partial charge in [0.25, 0.3) is 0 Å². The molecule has 5 rings (SSSR count). The van der Waals surface area contributed by atoms with Gasteiger partial charge in [0.2, 0.25) is 5.91 Å². The first-order valence-electron chi connectivity index (χ1n) is 12.2. The van der Waals surface area contributed by atoms with Gasteiger partial charge < -0.3 is 24.6 Å². The zero-order valence-electron chi connectivity index (χ0n) is 20.3. The molecule has 1 fully saturated rings. The molecule has 1 N–H and O–H groups in total. The molecule has 2 atom stereocenters. The lowest BCUT2D eigenvalue weighted by atomic mass is 9.83. The number of benzene rings is 2. The average Bonchev–Trinajstić information content (AvgIpc) is 2.92. The largest absolute Gasteiger partial charge is 0.497 e. The molecule has 0 radical (unpaired) electrons. The molecule has 0 aliphatic carbocycles. The SMILES string of the molecule is COc1ccc(N2CCN3c4cc(OC)ccc4C[C@@H](C(=O)NCCc4ccccn4)[C@H]3C2)cc1. The molecule has 7 heteroatoms. The number of amides is 1. The lowest BCUT2D eigenvalue weighted by Crippen LogP contribution is -2.61. The molecule has 35 heavy (non-hydrogen) atoms.